The zero-order chi connectivity index (χ0) is 9.52. The first-order chi connectivity index (χ1) is 6.29. The number of unbranched alkanes of at least 4 members (excludes halogenated alkanes) is 1. The summed E-state index contributed by atoms with van der Waals surface area (Å²) in [6, 6.07) is 0. The van der Waals surface area contributed by atoms with Crippen LogP contribution >= 0.6 is 0 Å². The monoisotopic (exact) mass is 181 g/mol. The highest BCUT2D eigenvalue weighted by atomic mass is 16.1. The number of nitrogens with zero attached hydrogens (tertiary/aromatic N) is 2. The van der Waals surface area contributed by atoms with E-state index < -0.39 is 0 Å². The average Bonchev–Trinajstić information content (AvgIpc) is 2.55. The number of hydrogen-bond donors (Lipinski definition) is 1. The van der Waals surface area contributed by atoms with Crippen molar-refractivity contribution in [2.45, 2.75) is 26.3 Å². The summed E-state index contributed by atoms with van der Waals surface area (Å²) in [7, 11) is 0. The summed E-state index contributed by atoms with van der Waals surface area (Å²) in [5.74, 6) is 0.0441. The highest BCUT2D eigenvalue weighted by Crippen LogP contribution is 1.93. The van der Waals surface area contributed by atoms with Crippen molar-refractivity contribution in [2.75, 3.05) is 6.54 Å². The van der Waals surface area contributed by atoms with E-state index in [1.165, 1.54) is 6.92 Å². The molecule has 1 aromatic rings. The molecule has 0 aliphatic carbocycles. The number of amides is 1. The number of imidazole rings is 1. The molecule has 0 atom stereocenters. The summed E-state index contributed by atoms with van der Waals surface area (Å²) < 4.78 is 2.04. The van der Waals surface area contributed by atoms with Crippen molar-refractivity contribution >= 4 is 5.91 Å². The third-order valence-corrected chi connectivity index (χ3v) is 1.78. The molecule has 0 fully saturated rings. The van der Waals surface area contributed by atoms with Gasteiger partial charge in [-0.05, 0) is 12.8 Å². The van der Waals surface area contributed by atoms with Crippen LogP contribution in [0.4, 0.5) is 0 Å². The molecule has 1 heterocycles. The van der Waals surface area contributed by atoms with Crippen molar-refractivity contribution in [1.82, 2.24) is 14.9 Å². The van der Waals surface area contributed by atoms with Gasteiger partial charge in [0.2, 0.25) is 5.91 Å². The Labute approximate surface area is 78.0 Å². The maximum atomic E-state index is 10.5. The molecule has 0 aliphatic rings. The number of carbonyl (C=O) groups excluding carboxylic acids is 1. The van der Waals surface area contributed by atoms with Gasteiger partial charge in [-0.15, -0.1) is 0 Å². The number of aryl methyl sites for hydroxylation is 1. The van der Waals surface area contributed by atoms with Crippen LogP contribution < -0.4 is 5.32 Å². The Balaban J connectivity index is 1.99. The second-order valence-electron chi connectivity index (χ2n) is 2.99. The zero-order valence-corrected chi connectivity index (χ0v) is 7.86. The molecule has 0 saturated heterocycles. The summed E-state index contributed by atoms with van der Waals surface area (Å²) in [5, 5.41) is 2.76. The summed E-state index contributed by atoms with van der Waals surface area (Å²) in [6.07, 6.45) is 7.60. The summed E-state index contributed by atoms with van der Waals surface area (Å²) in [6.45, 7) is 3.28. The first-order valence-corrected chi connectivity index (χ1v) is 4.49. The summed E-state index contributed by atoms with van der Waals surface area (Å²) in [4.78, 5) is 14.5. The van der Waals surface area contributed by atoms with Gasteiger partial charge >= 0.3 is 0 Å². The summed E-state index contributed by atoms with van der Waals surface area (Å²) in [5.41, 5.74) is 0. The molecule has 1 aromatic heterocycles. The third kappa shape index (κ3) is 4.30. The molecule has 4 nitrogen and oxygen atoms in total. The van der Waals surface area contributed by atoms with Crippen LogP contribution in [0, 0.1) is 0 Å². The van der Waals surface area contributed by atoms with Gasteiger partial charge in [0, 0.05) is 32.4 Å². The lowest BCUT2D eigenvalue weighted by Gasteiger charge is -2.02. The van der Waals surface area contributed by atoms with Crippen LogP contribution in [0.1, 0.15) is 19.8 Å². The summed E-state index contributed by atoms with van der Waals surface area (Å²) >= 11 is 0. The van der Waals surface area contributed by atoms with E-state index in [1.54, 1.807) is 12.5 Å². The molecule has 1 amide bonds. The predicted octanol–water partition coefficient (Wildman–Crippen LogP) is 0.799. The fourth-order valence-electron chi connectivity index (χ4n) is 1.10. The van der Waals surface area contributed by atoms with Gasteiger partial charge in [-0.3, -0.25) is 4.79 Å². The van der Waals surface area contributed by atoms with Crippen molar-refractivity contribution < 1.29 is 4.79 Å². The van der Waals surface area contributed by atoms with E-state index in [1.807, 2.05) is 10.8 Å². The molecule has 0 aromatic carbocycles. The Kier molecular flexibility index (Phi) is 4.02. The predicted molar refractivity (Wildman–Crippen MR) is 50.1 cm³/mol. The van der Waals surface area contributed by atoms with Gasteiger partial charge in [-0.1, -0.05) is 0 Å². The minimum absolute atomic E-state index is 0.0441. The first kappa shape index (κ1) is 9.77. The molecular formula is C9H15N3O. The smallest absolute Gasteiger partial charge is 0.216 e. The largest absolute Gasteiger partial charge is 0.356 e. The maximum Gasteiger partial charge on any atom is 0.216 e. The molecule has 0 saturated carbocycles. The van der Waals surface area contributed by atoms with E-state index in [9.17, 15) is 4.79 Å². The van der Waals surface area contributed by atoms with Crippen molar-refractivity contribution in [3.05, 3.63) is 18.7 Å². The van der Waals surface area contributed by atoms with Crippen molar-refractivity contribution in [3.8, 4) is 0 Å². The Hall–Kier alpha value is -1.32. The molecule has 72 valence electrons. The second-order valence-corrected chi connectivity index (χ2v) is 2.99. The molecule has 1 rings (SSSR count). The van der Waals surface area contributed by atoms with Crippen LogP contribution in [0.2, 0.25) is 0 Å². The fourth-order valence-corrected chi connectivity index (χ4v) is 1.10. The molecule has 4 heteroatoms. The van der Waals surface area contributed by atoms with Crippen molar-refractivity contribution in [1.29, 1.82) is 0 Å². The van der Waals surface area contributed by atoms with Crippen LogP contribution in [-0.4, -0.2) is 22.0 Å². The Morgan fingerprint density at radius 1 is 1.54 bits per heavy atom. The van der Waals surface area contributed by atoms with Crippen molar-refractivity contribution in [3.63, 3.8) is 0 Å². The number of rotatable bonds is 5. The SMILES string of the molecule is CC(=O)NCCCCn1ccnc1. The molecule has 1 N–H and O–H groups in total. The lowest BCUT2D eigenvalue weighted by Crippen LogP contribution is -2.21. The Morgan fingerprint density at radius 3 is 3.00 bits per heavy atom. The van der Waals surface area contributed by atoms with Crippen LogP contribution in [0.25, 0.3) is 0 Å². The van der Waals surface area contributed by atoms with Gasteiger partial charge in [-0.25, -0.2) is 4.98 Å². The zero-order valence-electron chi connectivity index (χ0n) is 7.86. The van der Waals surface area contributed by atoms with Gasteiger partial charge < -0.3 is 9.88 Å². The molecule has 0 aliphatic heterocycles. The number of hydrogen-bond acceptors (Lipinski definition) is 2. The highest BCUT2D eigenvalue weighted by Gasteiger charge is 1.92. The molecule has 0 radical (unpaired) electrons. The quantitative estimate of drug-likeness (QED) is 0.683. The maximum absolute atomic E-state index is 10.5. The lowest BCUT2D eigenvalue weighted by molar-refractivity contribution is -0.118. The van der Waals surface area contributed by atoms with Gasteiger partial charge in [0.05, 0.1) is 6.33 Å². The highest BCUT2D eigenvalue weighted by molar-refractivity contribution is 5.72. The minimum atomic E-state index is 0.0441. The van der Waals surface area contributed by atoms with E-state index in [2.05, 4.69) is 10.3 Å². The van der Waals surface area contributed by atoms with Gasteiger partial charge in [-0.2, -0.15) is 0 Å². The Morgan fingerprint density at radius 2 is 2.38 bits per heavy atom. The fraction of sp³-hybridized carbons (Fsp3) is 0.556. The van der Waals surface area contributed by atoms with Crippen LogP contribution in [-0.2, 0) is 11.3 Å². The number of carbonyl (C=O) groups is 1. The van der Waals surface area contributed by atoms with Crippen LogP contribution in [0.5, 0.6) is 0 Å². The van der Waals surface area contributed by atoms with Gasteiger partial charge in [0.25, 0.3) is 0 Å². The number of aromatic nitrogens is 2. The molecule has 0 spiro atoms. The molecule has 0 bridgehead atoms. The normalized spacial score (nSPS) is 9.92. The van der Waals surface area contributed by atoms with Crippen molar-refractivity contribution in [2.24, 2.45) is 0 Å². The lowest BCUT2D eigenvalue weighted by atomic mass is 10.3. The molecule has 0 unspecified atom stereocenters. The topological polar surface area (TPSA) is 46.9 Å². The van der Waals surface area contributed by atoms with E-state index in [0.29, 0.717) is 0 Å². The van der Waals surface area contributed by atoms with E-state index in [4.69, 9.17) is 0 Å². The molecule has 13 heavy (non-hydrogen) atoms. The minimum Gasteiger partial charge on any atom is -0.356 e. The third-order valence-electron chi connectivity index (χ3n) is 1.78. The molecular weight excluding hydrogens is 166 g/mol. The van der Waals surface area contributed by atoms with E-state index >= 15 is 0 Å². The van der Waals surface area contributed by atoms with Crippen LogP contribution in [0.15, 0.2) is 18.7 Å². The van der Waals surface area contributed by atoms with Gasteiger partial charge in [0.15, 0.2) is 0 Å². The first-order valence-electron chi connectivity index (χ1n) is 4.49. The van der Waals surface area contributed by atoms with E-state index in [-0.39, 0.29) is 5.91 Å². The van der Waals surface area contributed by atoms with E-state index in [0.717, 1.165) is 25.9 Å². The van der Waals surface area contributed by atoms with Gasteiger partial charge in [0.1, 0.15) is 0 Å². The Bertz CT molecular complexity index is 243. The average molecular weight is 181 g/mol. The number of nitrogens with one attached hydrogen (secondary N) is 1. The second kappa shape index (κ2) is 5.35. The van der Waals surface area contributed by atoms with Crippen LogP contribution in [0.3, 0.4) is 0 Å². The standard InChI is InChI=1S/C9H15N3O/c1-9(13)11-4-2-3-6-12-7-5-10-8-12/h5,7-8H,2-4,6H2,1H3,(H,11,13).